The number of halogens is 3. The summed E-state index contributed by atoms with van der Waals surface area (Å²) in [6.07, 6.45) is -0.250. The van der Waals surface area contributed by atoms with Gasteiger partial charge in [0.05, 0.1) is 5.92 Å². The Kier molecular flexibility index (Phi) is 2.77. The molecule has 0 aliphatic heterocycles. The molecule has 2 aliphatic rings. The Labute approximate surface area is 87.0 Å². The topological polar surface area (TPSA) is 17.1 Å². The van der Waals surface area contributed by atoms with E-state index in [0.29, 0.717) is 6.42 Å². The van der Waals surface area contributed by atoms with Gasteiger partial charge in [0.15, 0.2) is 0 Å². The Hall–Kier alpha value is -0.540. The number of rotatable bonds is 2. The predicted octanol–water partition coefficient (Wildman–Crippen LogP) is 3.19. The third-order valence-corrected chi connectivity index (χ3v) is 3.85. The van der Waals surface area contributed by atoms with Crippen LogP contribution in [-0.4, -0.2) is 12.5 Å². The van der Waals surface area contributed by atoms with Gasteiger partial charge in [-0.25, -0.2) is 0 Å². The minimum Gasteiger partial charge on any atom is -0.303 e. The standard InChI is InChI=1S/C11H15F3O/c12-11(13,14)9-3-1-2-7(4-9)10-5-8(10)6-15/h6-10H,1-5H2. The zero-order valence-electron chi connectivity index (χ0n) is 8.46. The maximum atomic E-state index is 12.5. The number of carbonyl (C=O) groups excluding carboxylic acids is 1. The quantitative estimate of drug-likeness (QED) is 0.653. The summed E-state index contributed by atoms with van der Waals surface area (Å²) in [6, 6.07) is 0. The maximum absolute atomic E-state index is 12.5. The summed E-state index contributed by atoms with van der Waals surface area (Å²) in [5.74, 6) is -0.667. The molecule has 0 bridgehead atoms. The fourth-order valence-corrected chi connectivity index (χ4v) is 2.85. The molecule has 0 spiro atoms. The summed E-state index contributed by atoms with van der Waals surface area (Å²) >= 11 is 0. The van der Waals surface area contributed by atoms with Gasteiger partial charge < -0.3 is 4.79 Å². The van der Waals surface area contributed by atoms with E-state index in [9.17, 15) is 18.0 Å². The van der Waals surface area contributed by atoms with Crippen LogP contribution in [0, 0.1) is 23.7 Å². The van der Waals surface area contributed by atoms with Crippen LogP contribution in [0.4, 0.5) is 13.2 Å². The highest BCUT2D eigenvalue weighted by Gasteiger charge is 2.48. The van der Waals surface area contributed by atoms with Crippen molar-refractivity contribution in [3.63, 3.8) is 0 Å². The molecule has 0 aromatic rings. The lowest BCUT2D eigenvalue weighted by Gasteiger charge is -2.30. The fourth-order valence-electron chi connectivity index (χ4n) is 2.85. The Morgan fingerprint density at radius 1 is 1.13 bits per heavy atom. The van der Waals surface area contributed by atoms with Gasteiger partial charge in [0.1, 0.15) is 6.29 Å². The number of alkyl halides is 3. The summed E-state index contributed by atoms with van der Waals surface area (Å²) in [4.78, 5) is 10.5. The molecule has 4 unspecified atom stereocenters. The molecule has 0 aromatic carbocycles. The first-order valence-electron chi connectivity index (χ1n) is 5.54. The van der Waals surface area contributed by atoms with E-state index in [1.165, 1.54) is 0 Å². The highest BCUT2D eigenvalue weighted by Crippen LogP contribution is 2.51. The number of hydrogen-bond acceptors (Lipinski definition) is 1. The van der Waals surface area contributed by atoms with Gasteiger partial charge in [-0.15, -0.1) is 0 Å². The Balaban J connectivity index is 1.91. The lowest BCUT2D eigenvalue weighted by molar-refractivity contribution is -0.186. The van der Waals surface area contributed by atoms with Crippen LogP contribution < -0.4 is 0 Å². The lowest BCUT2D eigenvalue weighted by Crippen LogP contribution is -2.29. The predicted molar refractivity (Wildman–Crippen MR) is 49.2 cm³/mol. The first kappa shape index (κ1) is 11.0. The average molecular weight is 220 g/mol. The molecular formula is C11H15F3O. The molecule has 2 saturated carbocycles. The molecule has 15 heavy (non-hydrogen) atoms. The first-order valence-corrected chi connectivity index (χ1v) is 5.54. The van der Waals surface area contributed by atoms with Crippen molar-refractivity contribution in [2.75, 3.05) is 0 Å². The van der Waals surface area contributed by atoms with E-state index >= 15 is 0 Å². The normalized spacial score (nSPS) is 41.3. The summed E-state index contributed by atoms with van der Waals surface area (Å²) in [7, 11) is 0. The second kappa shape index (κ2) is 3.80. The second-order valence-electron chi connectivity index (χ2n) is 4.86. The van der Waals surface area contributed by atoms with Crippen molar-refractivity contribution >= 4 is 6.29 Å². The summed E-state index contributed by atoms with van der Waals surface area (Å²) in [5, 5.41) is 0. The molecule has 0 N–H and O–H groups in total. The van der Waals surface area contributed by atoms with Gasteiger partial charge in [-0.2, -0.15) is 13.2 Å². The molecule has 86 valence electrons. The van der Waals surface area contributed by atoms with Crippen LogP contribution in [-0.2, 0) is 4.79 Å². The number of carbonyl (C=O) groups is 1. The highest BCUT2D eigenvalue weighted by atomic mass is 19.4. The molecule has 1 nitrogen and oxygen atoms in total. The molecule has 2 fully saturated rings. The number of hydrogen-bond donors (Lipinski definition) is 0. The van der Waals surface area contributed by atoms with Crippen molar-refractivity contribution in [2.24, 2.45) is 23.7 Å². The molecule has 0 heterocycles. The summed E-state index contributed by atoms with van der Waals surface area (Å²) in [6.45, 7) is 0. The summed E-state index contributed by atoms with van der Waals surface area (Å²) in [5.41, 5.74) is 0. The van der Waals surface area contributed by atoms with E-state index in [1.54, 1.807) is 0 Å². The minimum atomic E-state index is -4.04. The SMILES string of the molecule is O=CC1CC1C1CCCC(C(F)(F)F)C1. The minimum absolute atomic E-state index is 0.0574. The van der Waals surface area contributed by atoms with Crippen molar-refractivity contribution in [3.8, 4) is 0 Å². The van der Waals surface area contributed by atoms with Crippen molar-refractivity contribution in [1.82, 2.24) is 0 Å². The average Bonchev–Trinajstić information content (AvgIpc) is 2.95. The molecule has 0 radical (unpaired) electrons. The largest absolute Gasteiger partial charge is 0.391 e. The zero-order chi connectivity index (χ0) is 11.1. The van der Waals surface area contributed by atoms with E-state index in [2.05, 4.69) is 0 Å². The molecule has 0 amide bonds. The van der Waals surface area contributed by atoms with Crippen molar-refractivity contribution < 1.29 is 18.0 Å². The van der Waals surface area contributed by atoms with Gasteiger partial charge >= 0.3 is 6.18 Å². The second-order valence-corrected chi connectivity index (χ2v) is 4.86. The Morgan fingerprint density at radius 3 is 2.40 bits per heavy atom. The van der Waals surface area contributed by atoms with Crippen molar-refractivity contribution in [3.05, 3.63) is 0 Å². The Bertz CT molecular complexity index is 249. The maximum Gasteiger partial charge on any atom is 0.391 e. The van der Waals surface area contributed by atoms with Gasteiger partial charge in [-0.1, -0.05) is 12.8 Å². The smallest absolute Gasteiger partial charge is 0.303 e. The van der Waals surface area contributed by atoms with Crippen LogP contribution in [0.1, 0.15) is 32.1 Å². The van der Waals surface area contributed by atoms with E-state index in [4.69, 9.17) is 0 Å². The van der Waals surface area contributed by atoms with Crippen LogP contribution in [0.2, 0.25) is 0 Å². The van der Waals surface area contributed by atoms with Crippen molar-refractivity contribution in [1.29, 1.82) is 0 Å². The zero-order valence-corrected chi connectivity index (χ0v) is 8.46. The van der Waals surface area contributed by atoms with Crippen LogP contribution in [0.5, 0.6) is 0 Å². The van der Waals surface area contributed by atoms with Crippen LogP contribution >= 0.6 is 0 Å². The van der Waals surface area contributed by atoms with E-state index < -0.39 is 12.1 Å². The fraction of sp³-hybridized carbons (Fsp3) is 0.909. The van der Waals surface area contributed by atoms with Gasteiger partial charge in [0.25, 0.3) is 0 Å². The van der Waals surface area contributed by atoms with Gasteiger partial charge in [-0.05, 0) is 31.1 Å². The molecule has 0 saturated heterocycles. The van der Waals surface area contributed by atoms with Crippen LogP contribution in [0.25, 0.3) is 0 Å². The van der Waals surface area contributed by atoms with E-state index in [-0.39, 0.29) is 30.6 Å². The van der Waals surface area contributed by atoms with Gasteiger partial charge in [-0.3, -0.25) is 0 Å². The molecular weight excluding hydrogens is 205 g/mol. The molecule has 4 atom stereocenters. The van der Waals surface area contributed by atoms with Crippen LogP contribution in [0.3, 0.4) is 0 Å². The molecule has 2 rings (SSSR count). The van der Waals surface area contributed by atoms with E-state index in [1.807, 2.05) is 0 Å². The highest BCUT2D eigenvalue weighted by molar-refractivity contribution is 5.58. The van der Waals surface area contributed by atoms with Gasteiger partial charge in [0, 0.05) is 5.92 Å². The van der Waals surface area contributed by atoms with Crippen molar-refractivity contribution in [2.45, 2.75) is 38.3 Å². The molecule has 0 aromatic heterocycles. The van der Waals surface area contributed by atoms with Gasteiger partial charge in [0.2, 0.25) is 0 Å². The van der Waals surface area contributed by atoms with Crippen LogP contribution in [0.15, 0.2) is 0 Å². The monoisotopic (exact) mass is 220 g/mol. The molecule has 2 aliphatic carbocycles. The third-order valence-electron chi connectivity index (χ3n) is 3.85. The lowest BCUT2D eigenvalue weighted by atomic mass is 9.78. The summed E-state index contributed by atoms with van der Waals surface area (Å²) < 4.78 is 37.5. The Morgan fingerprint density at radius 2 is 1.87 bits per heavy atom. The number of aldehydes is 1. The molecule has 4 heteroatoms. The van der Waals surface area contributed by atoms with E-state index in [0.717, 1.165) is 19.1 Å². The first-order chi connectivity index (χ1) is 7.02. The third kappa shape index (κ3) is 2.34.